The minimum absolute atomic E-state index is 0.0177. The van der Waals surface area contributed by atoms with Crippen molar-refractivity contribution in [3.05, 3.63) is 110 Å². The van der Waals surface area contributed by atoms with E-state index in [2.05, 4.69) is 9.88 Å². The Balaban J connectivity index is 1.61. The Hall–Kier alpha value is -3.70. The number of methoxy groups -OCH3 is 1. The molecule has 232 valence electrons. The number of likely N-dealkylation sites (N-methyl/N-ethyl adjacent to an activating group) is 1. The molecule has 1 atom stereocenters. The van der Waals surface area contributed by atoms with Gasteiger partial charge < -0.3 is 9.64 Å². The zero-order valence-corrected chi connectivity index (χ0v) is 25.6. The van der Waals surface area contributed by atoms with E-state index in [-0.39, 0.29) is 22.9 Å². The predicted molar refractivity (Wildman–Crippen MR) is 162 cm³/mol. The lowest BCUT2D eigenvalue weighted by atomic mass is 9.92. The number of fused-ring (bicyclic) bond motifs is 1. The molecule has 4 aromatic rings. The molecule has 1 aliphatic rings. The number of ether oxygens (including phenoxy) is 1. The van der Waals surface area contributed by atoms with Gasteiger partial charge in [-0.1, -0.05) is 24.3 Å². The summed E-state index contributed by atoms with van der Waals surface area (Å²) in [4.78, 5) is 20.8. The SMILES string of the molecule is COc1cccc(-c2c(C)c(Cc3c(F)cccc3C(F)(F)F)c3n(c2=O)C(CN(C)CCc2cccc(C)n2)CS3)c1F. The van der Waals surface area contributed by atoms with E-state index in [0.29, 0.717) is 41.4 Å². The van der Waals surface area contributed by atoms with Crippen LogP contribution in [0, 0.1) is 25.5 Å². The van der Waals surface area contributed by atoms with Gasteiger partial charge in [-0.05, 0) is 62.4 Å². The maximum absolute atomic E-state index is 15.6. The molecule has 0 saturated carbocycles. The molecule has 11 heteroatoms. The molecule has 2 aromatic heterocycles. The van der Waals surface area contributed by atoms with Gasteiger partial charge in [0.05, 0.1) is 29.3 Å². The van der Waals surface area contributed by atoms with E-state index in [1.807, 2.05) is 32.2 Å². The molecule has 1 aliphatic heterocycles. The van der Waals surface area contributed by atoms with Crippen molar-refractivity contribution in [1.82, 2.24) is 14.5 Å². The number of thioether (sulfide) groups is 1. The lowest BCUT2D eigenvalue weighted by molar-refractivity contribution is -0.138. The average molecular weight is 630 g/mol. The second kappa shape index (κ2) is 12.7. The number of rotatable bonds is 9. The second-order valence-corrected chi connectivity index (χ2v) is 12.0. The van der Waals surface area contributed by atoms with E-state index >= 15 is 8.78 Å². The Bertz CT molecular complexity index is 1760. The van der Waals surface area contributed by atoms with Crippen molar-refractivity contribution < 1.29 is 26.7 Å². The van der Waals surface area contributed by atoms with Crippen molar-refractivity contribution in [2.75, 3.05) is 33.0 Å². The average Bonchev–Trinajstić information content (AvgIpc) is 3.38. The van der Waals surface area contributed by atoms with Gasteiger partial charge in [-0.2, -0.15) is 13.2 Å². The quantitative estimate of drug-likeness (QED) is 0.183. The van der Waals surface area contributed by atoms with Gasteiger partial charge in [-0.3, -0.25) is 14.3 Å². The lowest BCUT2D eigenvalue weighted by Crippen LogP contribution is -2.35. The monoisotopic (exact) mass is 629 g/mol. The van der Waals surface area contributed by atoms with E-state index in [1.54, 1.807) is 17.6 Å². The summed E-state index contributed by atoms with van der Waals surface area (Å²) in [6.45, 7) is 4.62. The van der Waals surface area contributed by atoms with Crippen molar-refractivity contribution in [2.45, 2.75) is 43.9 Å². The number of aryl methyl sites for hydroxylation is 1. The summed E-state index contributed by atoms with van der Waals surface area (Å²) in [5.74, 6) is -1.35. The number of hydrogen-bond donors (Lipinski definition) is 0. The van der Waals surface area contributed by atoms with Crippen LogP contribution in [-0.4, -0.2) is 47.5 Å². The van der Waals surface area contributed by atoms with Crippen LogP contribution in [-0.2, 0) is 19.0 Å². The number of benzene rings is 2. The molecule has 0 fully saturated rings. The summed E-state index contributed by atoms with van der Waals surface area (Å²) in [7, 11) is 3.23. The third-order valence-corrected chi connectivity index (χ3v) is 9.23. The molecule has 44 heavy (non-hydrogen) atoms. The van der Waals surface area contributed by atoms with Crippen molar-refractivity contribution in [3.63, 3.8) is 0 Å². The van der Waals surface area contributed by atoms with Gasteiger partial charge in [0.1, 0.15) is 5.82 Å². The van der Waals surface area contributed by atoms with Crippen LogP contribution >= 0.6 is 11.8 Å². The third-order valence-electron chi connectivity index (χ3n) is 7.96. The molecule has 0 N–H and O–H groups in total. The topological polar surface area (TPSA) is 47.4 Å². The Morgan fingerprint density at radius 2 is 1.77 bits per heavy atom. The van der Waals surface area contributed by atoms with Crippen LogP contribution in [0.25, 0.3) is 11.1 Å². The summed E-state index contributed by atoms with van der Waals surface area (Å²) in [5.41, 5.74) is 0.450. The fraction of sp³-hybridized carbons (Fsp3) is 0.333. The van der Waals surface area contributed by atoms with E-state index in [9.17, 15) is 18.0 Å². The molecule has 2 aromatic carbocycles. The fourth-order valence-electron chi connectivity index (χ4n) is 5.76. The Morgan fingerprint density at radius 1 is 1.05 bits per heavy atom. The minimum Gasteiger partial charge on any atom is -0.494 e. The first kappa shape index (κ1) is 31.7. The predicted octanol–water partition coefficient (Wildman–Crippen LogP) is 7.24. The molecule has 0 spiro atoms. The second-order valence-electron chi connectivity index (χ2n) is 11.0. The Labute approximate surface area is 256 Å². The first-order valence-electron chi connectivity index (χ1n) is 14.1. The molecular weight excluding hydrogens is 597 g/mol. The molecule has 3 heterocycles. The summed E-state index contributed by atoms with van der Waals surface area (Å²) >= 11 is 1.35. The highest BCUT2D eigenvalue weighted by Crippen LogP contribution is 2.42. The van der Waals surface area contributed by atoms with Gasteiger partial charge in [0.25, 0.3) is 5.56 Å². The van der Waals surface area contributed by atoms with Crippen LogP contribution in [0.5, 0.6) is 5.75 Å². The first-order valence-corrected chi connectivity index (χ1v) is 15.1. The zero-order chi connectivity index (χ0) is 31.8. The number of alkyl halides is 3. The summed E-state index contributed by atoms with van der Waals surface area (Å²) in [5, 5.41) is 0.467. The highest BCUT2D eigenvalue weighted by atomic mass is 32.2. The van der Waals surface area contributed by atoms with E-state index in [0.717, 1.165) is 29.6 Å². The summed E-state index contributed by atoms with van der Waals surface area (Å²) < 4.78 is 79.3. The van der Waals surface area contributed by atoms with Crippen LogP contribution in [0.4, 0.5) is 22.0 Å². The smallest absolute Gasteiger partial charge is 0.416 e. The van der Waals surface area contributed by atoms with Crippen molar-refractivity contribution in [1.29, 1.82) is 0 Å². The van der Waals surface area contributed by atoms with Gasteiger partial charge in [0.2, 0.25) is 0 Å². The van der Waals surface area contributed by atoms with Gasteiger partial charge in [-0.25, -0.2) is 8.78 Å². The number of halogens is 5. The highest BCUT2D eigenvalue weighted by molar-refractivity contribution is 7.99. The Kier molecular flexibility index (Phi) is 9.17. The molecule has 5 nitrogen and oxygen atoms in total. The molecule has 0 saturated heterocycles. The van der Waals surface area contributed by atoms with Gasteiger partial charge in [-0.15, -0.1) is 11.8 Å². The summed E-state index contributed by atoms with van der Waals surface area (Å²) in [6.07, 6.45) is -4.52. The Morgan fingerprint density at radius 3 is 2.48 bits per heavy atom. The van der Waals surface area contributed by atoms with Gasteiger partial charge >= 0.3 is 6.18 Å². The van der Waals surface area contributed by atoms with Crippen LogP contribution in [0.15, 0.2) is 64.4 Å². The molecule has 0 aliphatic carbocycles. The first-order chi connectivity index (χ1) is 20.9. The third kappa shape index (κ3) is 6.25. The molecule has 5 rings (SSSR count). The van der Waals surface area contributed by atoms with Crippen molar-refractivity contribution >= 4 is 11.8 Å². The number of nitrogens with zero attached hydrogens (tertiary/aromatic N) is 3. The minimum atomic E-state index is -4.79. The largest absolute Gasteiger partial charge is 0.494 e. The van der Waals surface area contributed by atoms with Crippen molar-refractivity contribution in [3.8, 4) is 16.9 Å². The number of aromatic nitrogens is 2. The molecule has 0 bridgehead atoms. The molecule has 1 unspecified atom stereocenters. The number of pyridine rings is 2. The van der Waals surface area contributed by atoms with Crippen molar-refractivity contribution in [2.24, 2.45) is 0 Å². The van der Waals surface area contributed by atoms with Crippen LogP contribution in [0.1, 0.15) is 39.7 Å². The standard InChI is InChI=1S/C33H32F5N3O2S/c1-19-8-5-9-21(39-19)14-15-40(3)17-22-18-44-32-24(16-25-26(33(36,37)38)11-7-12-27(25)34)20(2)29(31(42)41(22)32)23-10-6-13-28(43-4)30(23)35/h5-13,22H,14-18H2,1-4H3. The number of hydrogen-bond acceptors (Lipinski definition) is 5. The lowest BCUT2D eigenvalue weighted by Gasteiger charge is -2.25. The molecule has 0 radical (unpaired) electrons. The van der Waals surface area contributed by atoms with Crippen LogP contribution in [0.2, 0.25) is 0 Å². The highest BCUT2D eigenvalue weighted by Gasteiger charge is 2.37. The summed E-state index contributed by atoms with van der Waals surface area (Å²) in [6, 6.07) is 12.8. The van der Waals surface area contributed by atoms with Gasteiger partial charge in [0.15, 0.2) is 11.6 Å². The molecule has 0 amide bonds. The van der Waals surface area contributed by atoms with Gasteiger partial charge in [0, 0.05) is 54.2 Å². The fourth-order valence-corrected chi connectivity index (χ4v) is 7.14. The zero-order valence-electron chi connectivity index (χ0n) is 24.8. The maximum Gasteiger partial charge on any atom is 0.416 e. The van der Waals surface area contributed by atoms with Crippen LogP contribution in [0.3, 0.4) is 0 Å². The van der Waals surface area contributed by atoms with E-state index < -0.39 is 40.9 Å². The maximum atomic E-state index is 15.6. The van der Waals surface area contributed by atoms with E-state index in [4.69, 9.17) is 4.74 Å². The molecular formula is C33H32F5N3O2S. The normalized spacial score (nSPS) is 14.7. The van der Waals surface area contributed by atoms with E-state index in [1.165, 1.54) is 31.0 Å². The van der Waals surface area contributed by atoms with Crippen LogP contribution < -0.4 is 10.3 Å².